The van der Waals surface area contributed by atoms with E-state index in [-0.39, 0.29) is 23.5 Å². The van der Waals surface area contributed by atoms with Crippen LogP contribution in [-0.4, -0.2) is 16.7 Å². The van der Waals surface area contributed by atoms with Crippen LogP contribution in [0.2, 0.25) is 0 Å². The molecule has 1 aliphatic heterocycles. The molecule has 6 heteroatoms. The van der Waals surface area contributed by atoms with Gasteiger partial charge in [0.25, 0.3) is 11.7 Å². The molecule has 1 aromatic heterocycles. The normalized spacial score (nSPS) is 13.2. The van der Waals surface area contributed by atoms with Crippen molar-refractivity contribution in [2.45, 2.75) is 6.54 Å². The van der Waals surface area contributed by atoms with Crippen LogP contribution >= 0.6 is 0 Å². The lowest BCUT2D eigenvalue weighted by Crippen LogP contribution is -2.29. The second-order valence-corrected chi connectivity index (χ2v) is 4.52. The minimum absolute atomic E-state index is 0.00963. The lowest BCUT2D eigenvalue weighted by molar-refractivity contribution is -0.114. The smallest absolute Gasteiger partial charge is 0.298 e. The number of hydrogen-bond acceptors (Lipinski definition) is 4. The lowest BCUT2D eigenvalue weighted by Gasteiger charge is -2.17. The van der Waals surface area contributed by atoms with Gasteiger partial charge in [0.1, 0.15) is 17.6 Å². The maximum atomic E-state index is 13.9. The highest BCUT2D eigenvalue weighted by atomic mass is 19.1. The molecule has 2 aromatic rings. The Balaban J connectivity index is 2.02. The number of para-hydroxylation sites is 1. The lowest BCUT2D eigenvalue weighted by atomic mass is 10.1. The summed E-state index contributed by atoms with van der Waals surface area (Å²) in [5.41, 5.74) is 0.843. The second-order valence-electron chi connectivity index (χ2n) is 4.52. The van der Waals surface area contributed by atoms with Gasteiger partial charge in [-0.2, -0.15) is 5.26 Å². The fourth-order valence-electron chi connectivity index (χ4n) is 2.28. The van der Waals surface area contributed by atoms with Crippen molar-refractivity contribution in [1.29, 1.82) is 5.26 Å². The summed E-state index contributed by atoms with van der Waals surface area (Å²) in [5, 5.41) is 8.81. The molecule has 0 saturated heterocycles. The molecule has 0 spiro atoms. The standard InChI is InChI=1S/C15H8FN3O2/c16-12-3-1-2-11-13(12)19(15(21)14(11)20)8-9-4-5-18-10(6-9)7-17/h1-6H,8H2. The van der Waals surface area contributed by atoms with Crippen molar-refractivity contribution in [2.75, 3.05) is 4.90 Å². The molecule has 1 amide bonds. The first kappa shape index (κ1) is 12.9. The zero-order chi connectivity index (χ0) is 15.0. The topological polar surface area (TPSA) is 74.1 Å². The molecule has 5 nitrogen and oxygen atoms in total. The molecule has 102 valence electrons. The van der Waals surface area contributed by atoms with E-state index < -0.39 is 17.5 Å². The van der Waals surface area contributed by atoms with E-state index in [1.165, 1.54) is 30.5 Å². The Kier molecular flexibility index (Phi) is 2.95. The van der Waals surface area contributed by atoms with Crippen LogP contribution in [0.15, 0.2) is 36.5 Å². The zero-order valence-corrected chi connectivity index (χ0v) is 10.7. The number of amides is 1. The number of anilines is 1. The average Bonchev–Trinajstić information content (AvgIpc) is 2.74. The number of fused-ring (bicyclic) bond motifs is 1. The van der Waals surface area contributed by atoms with E-state index in [1.54, 1.807) is 6.07 Å². The Hall–Kier alpha value is -3.07. The number of halogens is 1. The predicted molar refractivity (Wildman–Crippen MR) is 70.9 cm³/mol. The minimum Gasteiger partial charge on any atom is -0.298 e. The first-order chi connectivity index (χ1) is 10.1. The van der Waals surface area contributed by atoms with Crippen LogP contribution in [0.5, 0.6) is 0 Å². The number of aromatic nitrogens is 1. The van der Waals surface area contributed by atoms with Crippen molar-refractivity contribution >= 4 is 17.4 Å². The van der Waals surface area contributed by atoms with E-state index in [2.05, 4.69) is 4.98 Å². The van der Waals surface area contributed by atoms with Gasteiger partial charge in [0.15, 0.2) is 0 Å². The Labute approximate surface area is 119 Å². The maximum absolute atomic E-state index is 13.9. The van der Waals surface area contributed by atoms with Crippen LogP contribution in [0.3, 0.4) is 0 Å². The number of benzene rings is 1. The number of Topliss-reactive ketones (excluding diaryl/α,β-unsaturated/α-hetero) is 1. The number of nitrogens with zero attached hydrogens (tertiary/aromatic N) is 3. The van der Waals surface area contributed by atoms with Gasteiger partial charge >= 0.3 is 0 Å². The molecule has 21 heavy (non-hydrogen) atoms. The van der Waals surface area contributed by atoms with Crippen LogP contribution in [0.1, 0.15) is 21.6 Å². The molecule has 0 radical (unpaired) electrons. The average molecular weight is 281 g/mol. The number of pyridine rings is 1. The Bertz CT molecular complexity index is 811. The monoisotopic (exact) mass is 281 g/mol. The summed E-state index contributed by atoms with van der Waals surface area (Å²) < 4.78 is 13.9. The SMILES string of the molecule is N#Cc1cc(CN2C(=O)C(=O)c3cccc(F)c32)ccn1. The Morgan fingerprint density at radius 1 is 1.29 bits per heavy atom. The van der Waals surface area contributed by atoms with E-state index in [1.807, 2.05) is 6.07 Å². The third kappa shape index (κ3) is 2.05. The highest BCUT2D eigenvalue weighted by Gasteiger charge is 2.37. The summed E-state index contributed by atoms with van der Waals surface area (Å²) in [6, 6.07) is 9.01. The third-order valence-corrected chi connectivity index (χ3v) is 3.22. The molecule has 0 fully saturated rings. The molecular weight excluding hydrogens is 273 g/mol. The van der Waals surface area contributed by atoms with Crippen LogP contribution < -0.4 is 4.90 Å². The molecule has 1 aromatic carbocycles. The van der Waals surface area contributed by atoms with E-state index >= 15 is 0 Å². The second kappa shape index (κ2) is 4.80. The van der Waals surface area contributed by atoms with Crippen molar-refractivity contribution in [3.05, 3.63) is 59.2 Å². The molecule has 2 heterocycles. The van der Waals surface area contributed by atoms with Crippen molar-refractivity contribution in [3.63, 3.8) is 0 Å². The van der Waals surface area contributed by atoms with Crippen molar-refractivity contribution < 1.29 is 14.0 Å². The van der Waals surface area contributed by atoms with Crippen molar-refractivity contribution in [3.8, 4) is 6.07 Å². The molecule has 0 N–H and O–H groups in total. The predicted octanol–water partition coefficient (Wildman–Crippen LogP) is 1.82. The molecule has 3 rings (SSSR count). The summed E-state index contributed by atoms with van der Waals surface area (Å²) in [5.74, 6) is -2.12. The van der Waals surface area contributed by atoms with E-state index in [9.17, 15) is 14.0 Å². The summed E-state index contributed by atoms with van der Waals surface area (Å²) in [4.78, 5) is 28.8. The molecule has 1 aliphatic rings. The quantitative estimate of drug-likeness (QED) is 0.787. The van der Waals surface area contributed by atoms with E-state index in [0.29, 0.717) is 5.56 Å². The van der Waals surface area contributed by atoms with Crippen LogP contribution in [0.4, 0.5) is 10.1 Å². The van der Waals surface area contributed by atoms with E-state index in [4.69, 9.17) is 5.26 Å². The zero-order valence-electron chi connectivity index (χ0n) is 10.7. The molecular formula is C15H8FN3O2. The largest absolute Gasteiger partial charge is 0.299 e. The molecule has 0 saturated carbocycles. The van der Waals surface area contributed by atoms with Gasteiger partial charge in [-0.1, -0.05) is 6.07 Å². The van der Waals surface area contributed by atoms with Crippen molar-refractivity contribution in [1.82, 2.24) is 4.98 Å². The van der Waals surface area contributed by atoms with Gasteiger partial charge in [0.05, 0.1) is 17.8 Å². The summed E-state index contributed by atoms with van der Waals surface area (Å²) in [6.07, 6.45) is 1.43. The van der Waals surface area contributed by atoms with Gasteiger partial charge in [0.2, 0.25) is 0 Å². The third-order valence-electron chi connectivity index (χ3n) is 3.22. The maximum Gasteiger partial charge on any atom is 0.299 e. The van der Waals surface area contributed by atoms with Crippen LogP contribution in [0.25, 0.3) is 0 Å². The fraction of sp³-hybridized carbons (Fsp3) is 0.0667. The number of rotatable bonds is 2. The highest BCUT2D eigenvalue weighted by Crippen LogP contribution is 2.32. The fourth-order valence-corrected chi connectivity index (χ4v) is 2.28. The van der Waals surface area contributed by atoms with Gasteiger partial charge in [-0.15, -0.1) is 0 Å². The Morgan fingerprint density at radius 3 is 2.86 bits per heavy atom. The minimum atomic E-state index is -0.773. The molecule has 0 aliphatic carbocycles. The number of carbonyl (C=O) groups is 2. The number of carbonyl (C=O) groups excluding carboxylic acids is 2. The molecule has 0 atom stereocenters. The first-order valence-corrected chi connectivity index (χ1v) is 6.11. The van der Waals surface area contributed by atoms with Gasteiger partial charge < -0.3 is 0 Å². The van der Waals surface area contributed by atoms with Crippen molar-refractivity contribution in [2.24, 2.45) is 0 Å². The van der Waals surface area contributed by atoms with Gasteiger partial charge in [0, 0.05) is 6.20 Å². The van der Waals surface area contributed by atoms with Gasteiger partial charge in [-0.25, -0.2) is 9.37 Å². The first-order valence-electron chi connectivity index (χ1n) is 6.11. The molecule has 0 bridgehead atoms. The highest BCUT2D eigenvalue weighted by molar-refractivity contribution is 6.52. The number of nitriles is 1. The molecule has 0 unspecified atom stereocenters. The van der Waals surface area contributed by atoms with Gasteiger partial charge in [-0.3, -0.25) is 14.5 Å². The van der Waals surface area contributed by atoms with Gasteiger partial charge in [-0.05, 0) is 29.8 Å². The van der Waals surface area contributed by atoms with Crippen LogP contribution in [-0.2, 0) is 11.3 Å². The Morgan fingerprint density at radius 2 is 2.10 bits per heavy atom. The summed E-state index contributed by atoms with van der Waals surface area (Å²) in [7, 11) is 0. The summed E-state index contributed by atoms with van der Waals surface area (Å²) >= 11 is 0. The van der Waals surface area contributed by atoms with E-state index in [0.717, 1.165) is 4.90 Å². The van der Waals surface area contributed by atoms with Crippen LogP contribution in [0, 0.1) is 17.1 Å². The number of ketones is 1. The summed E-state index contributed by atoms with van der Waals surface area (Å²) in [6.45, 7) is 0.00963. The number of hydrogen-bond donors (Lipinski definition) is 0.